The molecule has 4 aromatic rings. The first-order chi connectivity index (χ1) is 12.1. The van der Waals surface area contributed by atoms with Crippen LogP contribution in [0.3, 0.4) is 0 Å². The van der Waals surface area contributed by atoms with E-state index in [1.807, 2.05) is 6.92 Å². The number of aromatic hydroxyl groups is 2. The Kier molecular flexibility index (Phi) is 3.46. The van der Waals surface area contributed by atoms with Gasteiger partial charge in [0.05, 0.1) is 6.26 Å². The second kappa shape index (κ2) is 5.79. The molecule has 2 N–H and O–H groups in total. The number of nitrogens with zero attached hydrogens (tertiary/aromatic N) is 4. The van der Waals surface area contributed by atoms with E-state index in [1.165, 1.54) is 6.26 Å². The van der Waals surface area contributed by atoms with E-state index in [9.17, 15) is 10.2 Å². The third-order valence-electron chi connectivity index (χ3n) is 3.74. The molecule has 3 aromatic heterocycles. The summed E-state index contributed by atoms with van der Waals surface area (Å²) in [6, 6.07) is 11.8. The van der Waals surface area contributed by atoms with Crippen LogP contribution in [0.4, 0.5) is 11.5 Å². The van der Waals surface area contributed by atoms with Crippen molar-refractivity contribution in [1.29, 1.82) is 0 Å². The van der Waals surface area contributed by atoms with Crippen LogP contribution in [-0.4, -0.2) is 19.6 Å². The van der Waals surface area contributed by atoms with E-state index in [0.29, 0.717) is 28.6 Å². The highest BCUT2D eigenvalue weighted by atomic mass is 16.3. The van der Waals surface area contributed by atoms with Crippen molar-refractivity contribution in [2.45, 2.75) is 6.92 Å². The molecule has 4 rings (SSSR count). The zero-order chi connectivity index (χ0) is 17.4. The van der Waals surface area contributed by atoms with Crippen LogP contribution in [-0.2, 0) is 0 Å². The van der Waals surface area contributed by atoms with E-state index in [0.717, 1.165) is 5.56 Å². The summed E-state index contributed by atoms with van der Waals surface area (Å²) in [6.45, 7) is 1.90. The molecule has 0 spiro atoms. The summed E-state index contributed by atoms with van der Waals surface area (Å²) in [5.74, 6) is 0.952. The zero-order valence-electron chi connectivity index (χ0n) is 13.3. The van der Waals surface area contributed by atoms with Gasteiger partial charge in [-0.05, 0) is 48.9 Å². The lowest BCUT2D eigenvalue weighted by molar-refractivity contribution is 0.476. The summed E-state index contributed by atoms with van der Waals surface area (Å²) < 4.78 is 7.03. The molecule has 7 nitrogen and oxygen atoms in total. The minimum atomic E-state index is 0.0233. The normalized spacial score (nSPS) is 11.6. The van der Waals surface area contributed by atoms with Gasteiger partial charge in [0.25, 0.3) is 0 Å². The Balaban J connectivity index is 1.91. The fourth-order valence-corrected chi connectivity index (χ4v) is 2.53. The Morgan fingerprint density at radius 1 is 1.04 bits per heavy atom. The molecule has 0 aliphatic carbocycles. The van der Waals surface area contributed by atoms with Gasteiger partial charge in [-0.15, -0.1) is 10.2 Å². The van der Waals surface area contributed by atoms with Gasteiger partial charge in [0.15, 0.2) is 28.7 Å². The number of phenols is 1. The minimum Gasteiger partial charge on any atom is -0.506 e. The van der Waals surface area contributed by atoms with Crippen molar-refractivity contribution >= 4 is 17.2 Å². The smallest absolute Gasteiger partial charge is 0.190 e. The first-order valence-electron chi connectivity index (χ1n) is 7.59. The topological polar surface area (TPSA) is 95.6 Å². The summed E-state index contributed by atoms with van der Waals surface area (Å²) in [4.78, 5) is 4.41. The molecule has 25 heavy (non-hydrogen) atoms. The average molecular weight is 334 g/mol. The predicted molar refractivity (Wildman–Crippen MR) is 91.6 cm³/mol. The van der Waals surface area contributed by atoms with Crippen LogP contribution < -0.4 is 0 Å². The summed E-state index contributed by atoms with van der Waals surface area (Å²) in [5.41, 5.74) is 2.09. The maximum Gasteiger partial charge on any atom is 0.190 e. The van der Waals surface area contributed by atoms with Crippen LogP contribution in [0.1, 0.15) is 5.56 Å². The molecule has 0 radical (unpaired) electrons. The molecule has 124 valence electrons. The molecule has 0 bridgehead atoms. The summed E-state index contributed by atoms with van der Waals surface area (Å²) in [6.07, 6.45) is 3.26. The highest BCUT2D eigenvalue weighted by molar-refractivity contribution is 5.73. The van der Waals surface area contributed by atoms with Crippen LogP contribution >= 0.6 is 0 Å². The number of azo groups is 1. The van der Waals surface area contributed by atoms with E-state index in [1.54, 1.807) is 53.1 Å². The number of hydrogen-bond donors (Lipinski definition) is 2. The molecule has 0 saturated heterocycles. The van der Waals surface area contributed by atoms with Gasteiger partial charge in [0, 0.05) is 6.20 Å². The number of benzene rings is 1. The number of rotatable bonds is 3. The number of pyridine rings is 1. The van der Waals surface area contributed by atoms with Crippen molar-refractivity contribution < 1.29 is 14.6 Å². The maximum atomic E-state index is 10.0. The van der Waals surface area contributed by atoms with Gasteiger partial charge in [-0.25, -0.2) is 4.98 Å². The number of hydrogen-bond acceptors (Lipinski definition) is 6. The lowest BCUT2D eigenvalue weighted by Gasteiger charge is -2.00. The second-order valence-corrected chi connectivity index (χ2v) is 5.54. The van der Waals surface area contributed by atoms with Gasteiger partial charge in [0.2, 0.25) is 0 Å². The van der Waals surface area contributed by atoms with E-state index in [2.05, 4.69) is 15.2 Å². The van der Waals surface area contributed by atoms with Crippen LogP contribution in [0, 0.1) is 6.92 Å². The van der Waals surface area contributed by atoms with Crippen molar-refractivity contribution in [1.82, 2.24) is 9.38 Å². The predicted octanol–water partition coefficient (Wildman–Crippen LogP) is 4.73. The zero-order valence-corrected chi connectivity index (χ0v) is 13.3. The molecule has 0 fully saturated rings. The van der Waals surface area contributed by atoms with E-state index in [-0.39, 0.29) is 11.5 Å². The van der Waals surface area contributed by atoms with Gasteiger partial charge < -0.3 is 14.6 Å². The lowest BCUT2D eigenvalue weighted by Crippen LogP contribution is -1.82. The van der Waals surface area contributed by atoms with Crippen molar-refractivity contribution in [2.75, 3.05) is 0 Å². The van der Waals surface area contributed by atoms with Crippen molar-refractivity contribution in [3.05, 3.63) is 60.5 Å². The molecular weight excluding hydrogens is 320 g/mol. The first kappa shape index (κ1) is 14.9. The Bertz CT molecular complexity index is 1080. The summed E-state index contributed by atoms with van der Waals surface area (Å²) in [7, 11) is 0. The molecule has 1 aromatic carbocycles. The molecule has 3 heterocycles. The van der Waals surface area contributed by atoms with Crippen LogP contribution in [0.2, 0.25) is 0 Å². The molecular formula is C18H14N4O3. The number of phenolic OH excluding ortho intramolecular Hbond substituents is 1. The number of aromatic nitrogens is 2. The number of fused-ring (bicyclic) bond motifs is 1. The molecule has 0 aliphatic heterocycles. The highest BCUT2D eigenvalue weighted by Gasteiger charge is 2.18. The molecule has 0 amide bonds. The number of furan rings is 1. The largest absolute Gasteiger partial charge is 0.506 e. The fraction of sp³-hybridized carbons (Fsp3) is 0.0556. The lowest BCUT2D eigenvalue weighted by atomic mass is 10.2. The summed E-state index contributed by atoms with van der Waals surface area (Å²) in [5, 5.41) is 28.4. The number of aryl methyl sites for hydroxylation is 1. The van der Waals surface area contributed by atoms with E-state index >= 15 is 0 Å². The van der Waals surface area contributed by atoms with Gasteiger partial charge in [-0.1, -0.05) is 6.07 Å². The average Bonchev–Trinajstić information content (AvgIpc) is 3.24. The third-order valence-corrected chi connectivity index (χ3v) is 3.74. The van der Waals surface area contributed by atoms with Crippen LogP contribution in [0.5, 0.6) is 11.5 Å². The van der Waals surface area contributed by atoms with Gasteiger partial charge in [-0.3, -0.25) is 4.40 Å². The standard InChI is InChI=1S/C18H14N4O3/c1-11-6-7-13(23)12(10-11)20-21-18-16(15-5-3-9-25-15)19-17-14(24)4-2-8-22(17)18/h2-10,23-24H,1H3. The van der Waals surface area contributed by atoms with Gasteiger partial charge in [-0.2, -0.15) is 0 Å². The highest BCUT2D eigenvalue weighted by Crippen LogP contribution is 2.36. The Labute approximate surface area is 142 Å². The second-order valence-electron chi connectivity index (χ2n) is 5.54. The van der Waals surface area contributed by atoms with E-state index < -0.39 is 0 Å². The molecule has 0 atom stereocenters. The monoisotopic (exact) mass is 334 g/mol. The van der Waals surface area contributed by atoms with Crippen LogP contribution in [0.15, 0.2) is 69.6 Å². The maximum absolute atomic E-state index is 10.0. The van der Waals surface area contributed by atoms with Gasteiger partial charge >= 0.3 is 0 Å². The van der Waals surface area contributed by atoms with Crippen molar-refractivity contribution in [3.63, 3.8) is 0 Å². The molecule has 7 heteroatoms. The Hall–Kier alpha value is -3.61. The van der Waals surface area contributed by atoms with Crippen molar-refractivity contribution in [2.24, 2.45) is 10.2 Å². The van der Waals surface area contributed by atoms with Crippen LogP contribution in [0.25, 0.3) is 17.1 Å². The first-order valence-corrected chi connectivity index (χ1v) is 7.59. The minimum absolute atomic E-state index is 0.0233. The fourth-order valence-electron chi connectivity index (χ4n) is 2.53. The third kappa shape index (κ3) is 2.61. The molecule has 0 aliphatic rings. The Morgan fingerprint density at radius 3 is 2.72 bits per heavy atom. The molecule has 0 saturated carbocycles. The Morgan fingerprint density at radius 2 is 1.92 bits per heavy atom. The number of imidazole rings is 1. The molecule has 0 unspecified atom stereocenters. The quantitative estimate of drug-likeness (QED) is 0.529. The summed E-state index contributed by atoms with van der Waals surface area (Å²) >= 11 is 0. The SMILES string of the molecule is Cc1ccc(O)c(N=Nc2c(-c3ccco3)nc3c(O)cccn23)c1. The van der Waals surface area contributed by atoms with E-state index in [4.69, 9.17) is 4.42 Å². The van der Waals surface area contributed by atoms with Crippen molar-refractivity contribution in [3.8, 4) is 23.0 Å². The van der Waals surface area contributed by atoms with Gasteiger partial charge in [0.1, 0.15) is 11.4 Å².